The molecule has 1 heterocycles. The number of benzene rings is 2. The summed E-state index contributed by atoms with van der Waals surface area (Å²) >= 11 is 1.29. The Labute approximate surface area is 175 Å². The zero-order valence-electron chi connectivity index (χ0n) is 17.2. The number of ether oxygens (including phenoxy) is 1. The van der Waals surface area contributed by atoms with Gasteiger partial charge in [0.1, 0.15) is 12.4 Å². The fourth-order valence-corrected chi connectivity index (χ4v) is 3.68. The Hall–Kier alpha value is -2.80. The third kappa shape index (κ3) is 5.84. The molecule has 2 aromatic carbocycles. The van der Waals surface area contributed by atoms with Crippen LogP contribution in [-0.4, -0.2) is 26.8 Å². The molecule has 3 rings (SSSR count). The molecule has 2 N–H and O–H groups in total. The minimum Gasteiger partial charge on any atom is -0.486 e. The number of amides is 1. The van der Waals surface area contributed by atoms with Gasteiger partial charge in [0.15, 0.2) is 5.82 Å². The number of aromatic nitrogens is 3. The Kier molecular flexibility index (Phi) is 6.93. The normalized spacial score (nSPS) is 10.8. The number of aromatic amines is 1. The van der Waals surface area contributed by atoms with Crippen molar-refractivity contribution in [2.24, 2.45) is 0 Å². The second-order valence-electron chi connectivity index (χ2n) is 6.96. The van der Waals surface area contributed by atoms with Gasteiger partial charge in [0.2, 0.25) is 11.1 Å². The first-order chi connectivity index (χ1) is 13.9. The molecule has 0 saturated heterocycles. The topological polar surface area (TPSA) is 79.9 Å². The largest absolute Gasteiger partial charge is 0.486 e. The first kappa shape index (κ1) is 20.9. The van der Waals surface area contributed by atoms with Crippen molar-refractivity contribution in [1.29, 1.82) is 0 Å². The van der Waals surface area contributed by atoms with Crippen LogP contribution in [0.1, 0.15) is 35.0 Å². The molecular weight excluding hydrogens is 384 g/mol. The minimum atomic E-state index is -0.0799. The number of rotatable bonds is 8. The fourth-order valence-electron chi connectivity index (χ4n) is 3.06. The molecule has 152 valence electrons. The second-order valence-corrected chi connectivity index (χ2v) is 7.90. The van der Waals surface area contributed by atoms with Crippen molar-refractivity contribution in [3.05, 3.63) is 64.5 Å². The van der Waals surface area contributed by atoms with Gasteiger partial charge in [-0.1, -0.05) is 48.5 Å². The molecular formula is C22H26N4O2S. The van der Waals surface area contributed by atoms with E-state index in [1.54, 1.807) is 0 Å². The van der Waals surface area contributed by atoms with Gasteiger partial charge in [0.05, 0.1) is 5.75 Å². The van der Waals surface area contributed by atoms with Gasteiger partial charge in [-0.3, -0.25) is 9.89 Å². The molecule has 0 saturated carbocycles. The van der Waals surface area contributed by atoms with Crippen molar-refractivity contribution in [3.8, 4) is 5.75 Å². The highest BCUT2D eigenvalue weighted by Gasteiger charge is 2.11. The molecule has 3 aromatic rings. The highest BCUT2D eigenvalue weighted by molar-refractivity contribution is 7.99. The highest BCUT2D eigenvalue weighted by Crippen LogP contribution is 2.23. The smallest absolute Gasteiger partial charge is 0.234 e. The van der Waals surface area contributed by atoms with Gasteiger partial charge in [-0.05, 0) is 56.0 Å². The molecule has 0 aliphatic heterocycles. The van der Waals surface area contributed by atoms with Crippen molar-refractivity contribution in [2.45, 2.75) is 45.9 Å². The SMILES string of the molecule is CCc1ccc(OCc2nc(SCC(=O)Nc3c(C)cc(C)cc3C)n[nH]2)cc1. The first-order valence-corrected chi connectivity index (χ1v) is 10.6. The molecule has 0 unspecified atom stereocenters. The average molecular weight is 411 g/mol. The third-order valence-corrected chi connectivity index (χ3v) is 5.34. The highest BCUT2D eigenvalue weighted by atomic mass is 32.2. The standard InChI is InChI=1S/C22H26N4O2S/c1-5-17-6-8-18(9-7-17)28-12-19-23-22(26-25-19)29-13-20(27)24-21-15(3)10-14(2)11-16(21)4/h6-11H,5,12-13H2,1-4H3,(H,24,27)(H,23,25,26). The van der Waals surface area contributed by atoms with Crippen LogP contribution in [0.2, 0.25) is 0 Å². The van der Waals surface area contributed by atoms with E-state index < -0.39 is 0 Å². The van der Waals surface area contributed by atoms with Crippen molar-refractivity contribution in [1.82, 2.24) is 15.2 Å². The molecule has 7 heteroatoms. The predicted octanol–water partition coefficient (Wildman–Crippen LogP) is 4.60. The van der Waals surface area contributed by atoms with E-state index >= 15 is 0 Å². The zero-order valence-corrected chi connectivity index (χ0v) is 18.0. The summed E-state index contributed by atoms with van der Waals surface area (Å²) in [5.74, 6) is 1.57. The molecule has 0 fully saturated rings. The number of anilines is 1. The van der Waals surface area contributed by atoms with Gasteiger partial charge in [-0.15, -0.1) is 5.10 Å². The quantitative estimate of drug-likeness (QED) is 0.531. The van der Waals surface area contributed by atoms with Gasteiger partial charge in [-0.2, -0.15) is 0 Å². The maximum Gasteiger partial charge on any atom is 0.234 e. The van der Waals surface area contributed by atoms with Gasteiger partial charge >= 0.3 is 0 Å². The summed E-state index contributed by atoms with van der Waals surface area (Å²) in [5, 5.41) is 10.5. The van der Waals surface area contributed by atoms with Crippen LogP contribution in [0.5, 0.6) is 5.75 Å². The van der Waals surface area contributed by atoms with Crippen LogP contribution in [0.3, 0.4) is 0 Å². The fraction of sp³-hybridized carbons (Fsp3) is 0.318. The van der Waals surface area contributed by atoms with Gasteiger partial charge in [0.25, 0.3) is 0 Å². The monoisotopic (exact) mass is 410 g/mol. The van der Waals surface area contributed by atoms with E-state index in [2.05, 4.69) is 39.6 Å². The van der Waals surface area contributed by atoms with Crippen LogP contribution in [0.15, 0.2) is 41.6 Å². The van der Waals surface area contributed by atoms with Crippen molar-refractivity contribution in [2.75, 3.05) is 11.1 Å². The molecule has 0 aliphatic rings. The molecule has 6 nitrogen and oxygen atoms in total. The summed E-state index contributed by atoms with van der Waals surface area (Å²) in [6, 6.07) is 12.1. The predicted molar refractivity (Wildman–Crippen MR) is 117 cm³/mol. The maximum absolute atomic E-state index is 12.3. The van der Waals surface area contributed by atoms with E-state index in [1.165, 1.54) is 22.9 Å². The Morgan fingerprint density at radius 1 is 1.14 bits per heavy atom. The molecule has 0 spiro atoms. The number of thioether (sulfide) groups is 1. The summed E-state index contributed by atoms with van der Waals surface area (Å²) in [7, 11) is 0. The molecule has 1 aromatic heterocycles. The number of aryl methyl sites for hydroxylation is 4. The van der Waals surface area contributed by atoms with Crippen molar-refractivity contribution in [3.63, 3.8) is 0 Å². The lowest BCUT2D eigenvalue weighted by molar-refractivity contribution is -0.113. The van der Waals surface area contributed by atoms with Crippen LogP contribution in [0, 0.1) is 20.8 Å². The van der Waals surface area contributed by atoms with Crippen LogP contribution in [0.4, 0.5) is 5.69 Å². The summed E-state index contributed by atoms with van der Waals surface area (Å²) < 4.78 is 5.72. The van der Waals surface area contributed by atoms with Gasteiger partial charge < -0.3 is 10.1 Å². The van der Waals surface area contributed by atoms with Crippen molar-refractivity contribution >= 4 is 23.4 Å². The number of hydrogen-bond acceptors (Lipinski definition) is 5. The van der Waals surface area contributed by atoms with Crippen LogP contribution in [0.25, 0.3) is 0 Å². The van der Waals surface area contributed by atoms with E-state index in [9.17, 15) is 4.79 Å². The van der Waals surface area contributed by atoms with Gasteiger partial charge in [0, 0.05) is 5.69 Å². The molecule has 1 amide bonds. The zero-order chi connectivity index (χ0) is 20.8. The lowest BCUT2D eigenvalue weighted by Gasteiger charge is -2.12. The van der Waals surface area contributed by atoms with E-state index in [1.807, 2.05) is 45.0 Å². The van der Waals surface area contributed by atoms with E-state index in [0.29, 0.717) is 17.6 Å². The van der Waals surface area contributed by atoms with Crippen molar-refractivity contribution < 1.29 is 9.53 Å². The molecule has 0 radical (unpaired) electrons. The Balaban J connectivity index is 1.49. The number of carbonyl (C=O) groups excluding carboxylic acids is 1. The van der Waals surface area contributed by atoms with Crippen LogP contribution in [-0.2, 0) is 17.8 Å². The Morgan fingerprint density at radius 3 is 2.48 bits per heavy atom. The molecule has 0 bridgehead atoms. The van der Waals surface area contributed by atoms with E-state index in [4.69, 9.17) is 4.74 Å². The lowest BCUT2D eigenvalue weighted by atomic mass is 10.1. The summed E-state index contributed by atoms with van der Waals surface area (Å²) in [4.78, 5) is 16.7. The molecule has 0 atom stereocenters. The number of carbonyl (C=O) groups is 1. The molecule has 29 heavy (non-hydrogen) atoms. The summed E-state index contributed by atoms with van der Waals surface area (Å²) in [5.41, 5.74) is 5.45. The number of nitrogens with one attached hydrogen (secondary N) is 2. The number of nitrogens with zero attached hydrogens (tertiary/aromatic N) is 2. The van der Waals surface area contributed by atoms with Crippen LogP contribution < -0.4 is 10.1 Å². The summed E-state index contributed by atoms with van der Waals surface area (Å²) in [6.07, 6.45) is 1.000. The number of H-pyrrole nitrogens is 1. The summed E-state index contributed by atoms with van der Waals surface area (Å²) in [6.45, 7) is 8.46. The van der Waals surface area contributed by atoms with E-state index in [-0.39, 0.29) is 11.7 Å². The number of hydrogen-bond donors (Lipinski definition) is 2. The third-order valence-electron chi connectivity index (χ3n) is 4.49. The molecule has 0 aliphatic carbocycles. The Bertz CT molecular complexity index is 960. The second kappa shape index (κ2) is 9.60. The Morgan fingerprint density at radius 2 is 1.83 bits per heavy atom. The average Bonchev–Trinajstić information content (AvgIpc) is 3.16. The van der Waals surface area contributed by atoms with Gasteiger partial charge in [-0.25, -0.2) is 4.98 Å². The maximum atomic E-state index is 12.3. The van der Waals surface area contributed by atoms with Crippen LogP contribution >= 0.6 is 11.8 Å². The van der Waals surface area contributed by atoms with E-state index in [0.717, 1.165) is 29.0 Å². The lowest BCUT2D eigenvalue weighted by Crippen LogP contribution is -2.16. The minimum absolute atomic E-state index is 0.0799. The first-order valence-electron chi connectivity index (χ1n) is 9.58.